The fourth-order valence-electron chi connectivity index (χ4n) is 4.78. The van der Waals surface area contributed by atoms with E-state index in [2.05, 4.69) is 17.3 Å². The van der Waals surface area contributed by atoms with Crippen LogP contribution in [0.3, 0.4) is 0 Å². The standard InChI is InChI=1S/C19H30N4O3/c1-13-9-21-22(11-13)12-18(26)20-10-15-8-19(3)16(23(15)14(2)24)6-4-5-7-17(19)25/h9,11,15-17,25H,4-8,10,12H2,1-3H3,(H,20,26)/t15-,16-,17+,19-/m1/s1. The molecule has 2 fully saturated rings. The first kappa shape index (κ1) is 18.9. The highest BCUT2D eigenvalue weighted by molar-refractivity contribution is 5.76. The normalized spacial score (nSPS) is 31.4. The van der Waals surface area contributed by atoms with E-state index < -0.39 is 6.10 Å². The molecule has 0 unspecified atom stereocenters. The monoisotopic (exact) mass is 362 g/mol. The second kappa shape index (κ2) is 7.39. The summed E-state index contributed by atoms with van der Waals surface area (Å²) in [6.07, 6.45) is 7.61. The predicted octanol–water partition coefficient (Wildman–Crippen LogP) is 1.24. The van der Waals surface area contributed by atoms with Gasteiger partial charge in [-0.1, -0.05) is 19.8 Å². The highest BCUT2D eigenvalue weighted by Gasteiger charge is 2.53. The summed E-state index contributed by atoms with van der Waals surface area (Å²) in [5, 5.41) is 17.8. The number of carbonyl (C=O) groups excluding carboxylic acids is 2. The molecule has 3 rings (SSSR count). The Morgan fingerprint density at radius 2 is 2.12 bits per heavy atom. The molecule has 0 aromatic carbocycles. The zero-order valence-corrected chi connectivity index (χ0v) is 15.9. The molecule has 1 aromatic rings. The topological polar surface area (TPSA) is 87.5 Å². The quantitative estimate of drug-likeness (QED) is 0.844. The van der Waals surface area contributed by atoms with E-state index in [0.717, 1.165) is 37.7 Å². The number of aromatic nitrogens is 2. The van der Waals surface area contributed by atoms with Crippen molar-refractivity contribution in [2.75, 3.05) is 6.54 Å². The molecule has 0 spiro atoms. The maximum absolute atomic E-state index is 12.3. The molecule has 0 radical (unpaired) electrons. The molecule has 7 heteroatoms. The van der Waals surface area contributed by atoms with Gasteiger partial charge in [0, 0.05) is 31.1 Å². The number of hydrogen-bond acceptors (Lipinski definition) is 4. The molecule has 7 nitrogen and oxygen atoms in total. The summed E-state index contributed by atoms with van der Waals surface area (Å²) in [4.78, 5) is 26.5. The van der Waals surface area contributed by atoms with E-state index in [4.69, 9.17) is 0 Å². The maximum Gasteiger partial charge on any atom is 0.241 e. The van der Waals surface area contributed by atoms with E-state index in [1.54, 1.807) is 17.8 Å². The van der Waals surface area contributed by atoms with Gasteiger partial charge < -0.3 is 15.3 Å². The first-order valence-corrected chi connectivity index (χ1v) is 9.54. The van der Waals surface area contributed by atoms with E-state index in [-0.39, 0.29) is 35.9 Å². The molecule has 0 bridgehead atoms. The van der Waals surface area contributed by atoms with Crippen LogP contribution in [0.5, 0.6) is 0 Å². The van der Waals surface area contributed by atoms with E-state index in [1.165, 1.54) is 0 Å². The molecular formula is C19H30N4O3. The Bertz CT molecular complexity index is 673. The number of likely N-dealkylation sites (tertiary alicyclic amines) is 1. The molecule has 2 heterocycles. The molecule has 2 aliphatic rings. The number of fused-ring (bicyclic) bond motifs is 1. The van der Waals surface area contributed by atoms with Gasteiger partial charge in [0.2, 0.25) is 11.8 Å². The number of hydrogen-bond donors (Lipinski definition) is 2. The Labute approximate surface area is 154 Å². The van der Waals surface area contributed by atoms with Gasteiger partial charge >= 0.3 is 0 Å². The van der Waals surface area contributed by atoms with Crippen molar-refractivity contribution < 1.29 is 14.7 Å². The number of nitrogens with zero attached hydrogens (tertiary/aromatic N) is 3. The van der Waals surface area contributed by atoms with Crippen LogP contribution in [0.4, 0.5) is 0 Å². The van der Waals surface area contributed by atoms with Crippen LogP contribution in [0.2, 0.25) is 0 Å². The largest absolute Gasteiger partial charge is 0.392 e. The highest BCUT2D eigenvalue weighted by atomic mass is 16.3. The van der Waals surface area contributed by atoms with E-state index in [1.807, 2.05) is 18.0 Å². The summed E-state index contributed by atoms with van der Waals surface area (Å²) in [7, 11) is 0. The lowest BCUT2D eigenvalue weighted by Crippen LogP contribution is -2.48. The lowest BCUT2D eigenvalue weighted by molar-refractivity contribution is -0.134. The minimum atomic E-state index is -0.399. The lowest BCUT2D eigenvalue weighted by Gasteiger charge is -2.37. The van der Waals surface area contributed by atoms with Gasteiger partial charge in [-0.05, 0) is 31.7 Å². The summed E-state index contributed by atoms with van der Waals surface area (Å²) in [5.41, 5.74) is 0.717. The number of aryl methyl sites for hydroxylation is 1. The number of rotatable bonds is 4. The van der Waals surface area contributed by atoms with Gasteiger partial charge in [0.1, 0.15) is 6.54 Å². The fourth-order valence-corrected chi connectivity index (χ4v) is 4.78. The zero-order chi connectivity index (χ0) is 18.9. The second-order valence-electron chi connectivity index (χ2n) is 8.13. The van der Waals surface area contributed by atoms with Gasteiger partial charge in [-0.3, -0.25) is 14.3 Å². The summed E-state index contributed by atoms with van der Waals surface area (Å²) in [5.74, 6) is -0.0934. The molecule has 1 aliphatic carbocycles. The third-order valence-corrected chi connectivity index (χ3v) is 6.10. The van der Waals surface area contributed by atoms with Crippen LogP contribution in [0.15, 0.2) is 12.4 Å². The van der Waals surface area contributed by atoms with Crippen molar-refractivity contribution in [1.82, 2.24) is 20.0 Å². The van der Waals surface area contributed by atoms with Gasteiger partial charge in [0.25, 0.3) is 0 Å². The Morgan fingerprint density at radius 1 is 1.38 bits per heavy atom. The average molecular weight is 362 g/mol. The van der Waals surface area contributed by atoms with E-state index in [9.17, 15) is 14.7 Å². The molecule has 144 valence electrons. The number of carbonyl (C=O) groups is 2. The Hall–Kier alpha value is -1.89. The van der Waals surface area contributed by atoms with Crippen molar-refractivity contribution in [2.45, 2.75) is 77.6 Å². The van der Waals surface area contributed by atoms with Crippen LogP contribution >= 0.6 is 0 Å². The summed E-state index contributed by atoms with van der Waals surface area (Å²) in [6.45, 7) is 6.20. The van der Waals surface area contributed by atoms with Crippen LogP contribution in [-0.2, 0) is 16.1 Å². The minimum absolute atomic E-state index is 0.0229. The molecule has 26 heavy (non-hydrogen) atoms. The smallest absolute Gasteiger partial charge is 0.241 e. The third-order valence-electron chi connectivity index (χ3n) is 6.10. The van der Waals surface area contributed by atoms with Gasteiger partial charge in [-0.25, -0.2) is 0 Å². The summed E-state index contributed by atoms with van der Waals surface area (Å²) >= 11 is 0. The fraction of sp³-hybridized carbons (Fsp3) is 0.737. The van der Waals surface area contributed by atoms with Crippen molar-refractivity contribution in [3.63, 3.8) is 0 Å². The van der Waals surface area contributed by atoms with Crippen LogP contribution in [0.1, 0.15) is 51.5 Å². The molecule has 1 saturated heterocycles. The Morgan fingerprint density at radius 3 is 2.77 bits per heavy atom. The summed E-state index contributed by atoms with van der Waals surface area (Å²) in [6, 6.07) is -0.0216. The molecular weight excluding hydrogens is 332 g/mol. The minimum Gasteiger partial charge on any atom is -0.392 e. The molecule has 1 saturated carbocycles. The predicted molar refractivity (Wildman–Crippen MR) is 97.3 cm³/mol. The molecule has 1 aliphatic heterocycles. The van der Waals surface area contributed by atoms with Crippen LogP contribution in [0, 0.1) is 12.3 Å². The lowest BCUT2D eigenvalue weighted by atomic mass is 9.75. The van der Waals surface area contributed by atoms with Gasteiger partial charge in [-0.2, -0.15) is 5.10 Å². The van der Waals surface area contributed by atoms with Gasteiger partial charge in [-0.15, -0.1) is 0 Å². The van der Waals surface area contributed by atoms with Gasteiger partial charge in [0.05, 0.1) is 18.3 Å². The van der Waals surface area contributed by atoms with Crippen molar-refractivity contribution in [1.29, 1.82) is 0 Å². The number of nitrogens with one attached hydrogen (secondary N) is 1. The Balaban J connectivity index is 1.66. The average Bonchev–Trinajstić information content (AvgIpc) is 3.07. The first-order chi connectivity index (χ1) is 12.3. The third kappa shape index (κ3) is 3.63. The number of amides is 2. The van der Waals surface area contributed by atoms with Crippen LogP contribution in [-0.4, -0.2) is 56.3 Å². The van der Waals surface area contributed by atoms with Gasteiger partial charge in [0.15, 0.2) is 0 Å². The number of aliphatic hydroxyl groups is 1. The molecule has 4 atom stereocenters. The highest BCUT2D eigenvalue weighted by Crippen LogP contribution is 2.48. The van der Waals surface area contributed by atoms with E-state index >= 15 is 0 Å². The van der Waals surface area contributed by atoms with Crippen LogP contribution < -0.4 is 5.32 Å². The second-order valence-corrected chi connectivity index (χ2v) is 8.13. The van der Waals surface area contributed by atoms with Crippen molar-refractivity contribution in [2.24, 2.45) is 5.41 Å². The van der Waals surface area contributed by atoms with Crippen molar-refractivity contribution in [3.8, 4) is 0 Å². The van der Waals surface area contributed by atoms with Crippen LogP contribution in [0.25, 0.3) is 0 Å². The summed E-state index contributed by atoms with van der Waals surface area (Å²) < 4.78 is 1.61. The molecule has 2 amide bonds. The molecule has 1 aromatic heterocycles. The van der Waals surface area contributed by atoms with Crippen molar-refractivity contribution >= 4 is 11.8 Å². The van der Waals surface area contributed by atoms with E-state index in [0.29, 0.717) is 6.54 Å². The maximum atomic E-state index is 12.3. The zero-order valence-electron chi connectivity index (χ0n) is 15.9. The van der Waals surface area contributed by atoms with Crippen molar-refractivity contribution in [3.05, 3.63) is 18.0 Å². The number of aliphatic hydroxyl groups excluding tert-OH is 1. The SMILES string of the molecule is CC(=O)N1[C@@H](CNC(=O)Cn2cc(C)cn2)C[C@@]2(C)[C@@H](O)CCCC[C@@H]12. The Kier molecular flexibility index (Phi) is 5.37. The molecule has 2 N–H and O–H groups in total. The first-order valence-electron chi connectivity index (χ1n) is 9.54.